The molecule has 0 N–H and O–H groups in total. The Balaban J connectivity index is 3.12. The van der Waals surface area contributed by atoms with E-state index in [0.717, 1.165) is 38.5 Å². The van der Waals surface area contributed by atoms with Crippen LogP contribution in [0, 0.1) is 0 Å². The standard InChI is InChI=1S/C13H24F2O3/c14-9-5-1-3-7-11-17-13(16)18-12-8-4-2-6-10-15/h1-12H2. The highest BCUT2D eigenvalue weighted by Gasteiger charge is 2.02. The molecule has 5 heteroatoms. The summed E-state index contributed by atoms with van der Waals surface area (Å²) >= 11 is 0. The highest BCUT2D eigenvalue weighted by molar-refractivity contribution is 5.59. The second-order valence-corrected chi connectivity index (χ2v) is 4.15. The molecule has 0 saturated heterocycles. The summed E-state index contributed by atoms with van der Waals surface area (Å²) in [5.74, 6) is 0. The molecule has 0 spiro atoms. The van der Waals surface area contributed by atoms with Crippen LogP contribution in [0.25, 0.3) is 0 Å². The maximum atomic E-state index is 11.8. The van der Waals surface area contributed by atoms with E-state index in [4.69, 9.17) is 9.47 Å². The number of ether oxygens (including phenoxy) is 2. The molecule has 3 nitrogen and oxygen atoms in total. The number of halogens is 2. The zero-order valence-corrected chi connectivity index (χ0v) is 11.0. The summed E-state index contributed by atoms with van der Waals surface area (Å²) in [5.41, 5.74) is 0. The first-order valence-corrected chi connectivity index (χ1v) is 6.72. The third-order valence-electron chi connectivity index (χ3n) is 2.50. The molecule has 0 fully saturated rings. The number of carbonyl (C=O) groups excluding carboxylic acids is 1. The van der Waals surface area contributed by atoms with Gasteiger partial charge in [-0.1, -0.05) is 12.8 Å². The molecular weight excluding hydrogens is 242 g/mol. The molecule has 0 aliphatic heterocycles. The summed E-state index contributed by atoms with van der Waals surface area (Å²) in [6.07, 6.45) is 5.35. The molecule has 0 aliphatic rings. The first kappa shape index (κ1) is 17.1. The van der Waals surface area contributed by atoms with E-state index >= 15 is 0 Å². The molecule has 0 unspecified atom stereocenters. The van der Waals surface area contributed by atoms with Crippen LogP contribution >= 0.6 is 0 Å². The van der Waals surface area contributed by atoms with E-state index < -0.39 is 6.16 Å². The van der Waals surface area contributed by atoms with E-state index in [1.807, 2.05) is 0 Å². The Kier molecular flexibility index (Phi) is 13.5. The lowest BCUT2D eigenvalue weighted by atomic mass is 10.2. The van der Waals surface area contributed by atoms with Gasteiger partial charge in [0.15, 0.2) is 0 Å². The third-order valence-corrected chi connectivity index (χ3v) is 2.50. The van der Waals surface area contributed by atoms with E-state index in [2.05, 4.69) is 0 Å². The van der Waals surface area contributed by atoms with Crippen LogP contribution in [0.2, 0.25) is 0 Å². The van der Waals surface area contributed by atoms with Gasteiger partial charge < -0.3 is 9.47 Å². The maximum Gasteiger partial charge on any atom is 0.508 e. The first-order chi connectivity index (χ1) is 8.81. The minimum Gasteiger partial charge on any atom is -0.434 e. The zero-order valence-electron chi connectivity index (χ0n) is 11.0. The molecule has 0 amide bonds. The largest absolute Gasteiger partial charge is 0.508 e. The molecule has 0 rings (SSSR count). The van der Waals surface area contributed by atoms with Gasteiger partial charge >= 0.3 is 6.16 Å². The average Bonchev–Trinajstić information content (AvgIpc) is 2.38. The van der Waals surface area contributed by atoms with Gasteiger partial charge in [-0.25, -0.2) is 4.79 Å². The fourth-order valence-electron chi connectivity index (χ4n) is 1.45. The Hall–Kier alpha value is -0.870. The van der Waals surface area contributed by atoms with Crippen LogP contribution in [0.3, 0.4) is 0 Å². The number of hydrogen-bond acceptors (Lipinski definition) is 3. The van der Waals surface area contributed by atoms with E-state index in [0.29, 0.717) is 26.1 Å². The molecule has 0 aromatic carbocycles. The molecule has 18 heavy (non-hydrogen) atoms. The summed E-state index contributed by atoms with van der Waals surface area (Å²) in [6.45, 7) is 0.0799. The van der Waals surface area contributed by atoms with Gasteiger partial charge in [-0.3, -0.25) is 8.78 Å². The topological polar surface area (TPSA) is 35.5 Å². The Morgan fingerprint density at radius 3 is 1.44 bits per heavy atom. The number of unbranched alkanes of at least 4 members (excludes halogenated alkanes) is 6. The smallest absolute Gasteiger partial charge is 0.434 e. The average molecular weight is 266 g/mol. The van der Waals surface area contributed by atoms with Crippen molar-refractivity contribution in [2.45, 2.75) is 51.4 Å². The van der Waals surface area contributed by atoms with Gasteiger partial charge in [0.25, 0.3) is 0 Å². The van der Waals surface area contributed by atoms with E-state index in [9.17, 15) is 13.6 Å². The van der Waals surface area contributed by atoms with Crippen molar-refractivity contribution in [2.75, 3.05) is 26.6 Å². The lowest BCUT2D eigenvalue weighted by Crippen LogP contribution is -2.09. The zero-order chi connectivity index (χ0) is 13.5. The molecular formula is C13H24F2O3. The van der Waals surface area contributed by atoms with Crippen LogP contribution in [0.4, 0.5) is 13.6 Å². The van der Waals surface area contributed by atoms with Crippen molar-refractivity contribution in [3.8, 4) is 0 Å². The molecule has 0 aromatic heterocycles. The Morgan fingerprint density at radius 1 is 0.667 bits per heavy atom. The number of hydrogen-bond donors (Lipinski definition) is 0. The maximum absolute atomic E-state index is 11.8. The van der Waals surface area contributed by atoms with Crippen molar-refractivity contribution in [1.82, 2.24) is 0 Å². The molecule has 0 saturated carbocycles. The van der Waals surface area contributed by atoms with Crippen LogP contribution in [-0.4, -0.2) is 32.7 Å². The summed E-state index contributed by atoms with van der Waals surface area (Å²) < 4.78 is 33.2. The van der Waals surface area contributed by atoms with Crippen LogP contribution in [-0.2, 0) is 9.47 Å². The van der Waals surface area contributed by atoms with Crippen LogP contribution < -0.4 is 0 Å². The first-order valence-electron chi connectivity index (χ1n) is 6.72. The third kappa shape index (κ3) is 13.2. The van der Waals surface area contributed by atoms with Crippen molar-refractivity contribution < 1.29 is 23.0 Å². The fraction of sp³-hybridized carbons (Fsp3) is 0.923. The predicted molar refractivity (Wildman–Crippen MR) is 66.2 cm³/mol. The lowest BCUT2D eigenvalue weighted by molar-refractivity contribution is 0.0528. The van der Waals surface area contributed by atoms with E-state index in [-0.39, 0.29) is 13.3 Å². The van der Waals surface area contributed by atoms with Crippen LogP contribution in [0.1, 0.15) is 51.4 Å². The van der Waals surface area contributed by atoms with Crippen molar-refractivity contribution in [2.24, 2.45) is 0 Å². The predicted octanol–water partition coefficient (Wildman–Crippen LogP) is 4.20. The number of rotatable bonds is 12. The van der Waals surface area contributed by atoms with E-state index in [1.54, 1.807) is 0 Å². The minimum atomic E-state index is -0.647. The van der Waals surface area contributed by atoms with Crippen molar-refractivity contribution in [3.05, 3.63) is 0 Å². The van der Waals surface area contributed by atoms with Crippen LogP contribution in [0.5, 0.6) is 0 Å². The molecule has 0 heterocycles. The SMILES string of the molecule is O=C(OCCCCCCF)OCCCCCCF. The Morgan fingerprint density at radius 2 is 1.06 bits per heavy atom. The molecule has 0 radical (unpaired) electrons. The van der Waals surface area contributed by atoms with Gasteiger partial charge in [-0.2, -0.15) is 0 Å². The fourth-order valence-corrected chi connectivity index (χ4v) is 1.45. The molecule has 0 aromatic rings. The van der Waals surface area contributed by atoms with Gasteiger partial charge in [0.05, 0.1) is 26.6 Å². The van der Waals surface area contributed by atoms with E-state index in [1.165, 1.54) is 0 Å². The molecule has 108 valence electrons. The highest BCUT2D eigenvalue weighted by atomic mass is 19.1. The van der Waals surface area contributed by atoms with Gasteiger partial charge in [-0.15, -0.1) is 0 Å². The highest BCUT2D eigenvalue weighted by Crippen LogP contribution is 2.03. The second-order valence-electron chi connectivity index (χ2n) is 4.15. The Bertz CT molecular complexity index is 171. The minimum absolute atomic E-state index is 0.286. The number of alkyl halides is 2. The second kappa shape index (κ2) is 14.2. The van der Waals surface area contributed by atoms with Gasteiger partial charge in [0, 0.05) is 0 Å². The summed E-state index contributed by atoms with van der Waals surface area (Å²) in [7, 11) is 0. The van der Waals surface area contributed by atoms with Crippen molar-refractivity contribution >= 4 is 6.16 Å². The number of carbonyl (C=O) groups is 1. The Labute approximate surface area is 108 Å². The summed E-state index contributed by atoms with van der Waals surface area (Å²) in [6, 6.07) is 0. The molecule has 0 aliphatic carbocycles. The van der Waals surface area contributed by atoms with Gasteiger partial charge in [-0.05, 0) is 38.5 Å². The normalized spacial score (nSPS) is 10.3. The quantitative estimate of drug-likeness (QED) is 0.392. The van der Waals surface area contributed by atoms with Crippen molar-refractivity contribution in [1.29, 1.82) is 0 Å². The van der Waals surface area contributed by atoms with Crippen molar-refractivity contribution in [3.63, 3.8) is 0 Å². The lowest BCUT2D eigenvalue weighted by Gasteiger charge is -2.05. The molecule has 0 atom stereocenters. The van der Waals surface area contributed by atoms with Gasteiger partial charge in [0.1, 0.15) is 0 Å². The molecule has 0 bridgehead atoms. The van der Waals surface area contributed by atoms with Crippen LogP contribution in [0.15, 0.2) is 0 Å². The summed E-state index contributed by atoms with van der Waals surface area (Å²) in [5, 5.41) is 0. The van der Waals surface area contributed by atoms with Gasteiger partial charge in [0.2, 0.25) is 0 Å². The summed E-state index contributed by atoms with van der Waals surface area (Å²) in [4.78, 5) is 11.1. The monoisotopic (exact) mass is 266 g/mol.